The predicted octanol–water partition coefficient (Wildman–Crippen LogP) is -0.656. The van der Waals surface area contributed by atoms with Gasteiger partial charge in [0.15, 0.2) is 6.29 Å². The zero-order valence-corrected chi connectivity index (χ0v) is 11.6. The lowest BCUT2D eigenvalue weighted by Crippen LogP contribution is -2.53. The van der Waals surface area contributed by atoms with Gasteiger partial charge in [-0.2, -0.15) is 0 Å². The highest BCUT2D eigenvalue weighted by molar-refractivity contribution is 4.88. The molecule has 1 fully saturated rings. The number of aliphatic hydroxyl groups is 4. The maximum atomic E-state index is 9.54. The SMILES string of the molecule is CC(C)OC1OC(CCO)C(CO)C(CO)C1CO. The molecule has 114 valence electrons. The molecule has 4 N–H and O–H groups in total. The molecule has 0 aromatic heterocycles. The molecule has 1 aliphatic rings. The maximum Gasteiger partial charge on any atom is 0.163 e. The van der Waals surface area contributed by atoms with Gasteiger partial charge >= 0.3 is 0 Å². The van der Waals surface area contributed by atoms with Crippen molar-refractivity contribution in [2.75, 3.05) is 26.4 Å². The smallest absolute Gasteiger partial charge is 0.163 e. The summed E-state index contributed by atoms with van der Waals surface area (Å²) in [6, 6.07) is 0. The number of aliphatic hydroxyl groups excluding tert-OH is 4. The molecule has 5 atom stereocenters. The summed E-state index contributed by atoms with van der Waals surface area (Å²) in [5, 5.41) is 37.6. The zero-order valence-electron chi connectivity index (χ0n) is 11.6. The third-order valence-corrected chi connectivity index (χ3v) is 3.69. The van der Waals surface area contributed by atoms with Crippen molar-refractivity contribution in [2.45, 2.75) is 38.8 Å². The van der Waals surface area contributed by atoms with Gasteiger partial charge in [0.25, 0.3) is 0 Å². The van der Waals surface area contributed by atoms with Crippen molar-refractivity contribution >= 4 is 0 Å². The van der Waals surface area contributed by atoms with Crippen LogP contribution in [0.15, 0.2) is 0 Å². The fourth-order valence-corrected chi connectivity index (χ4v) is 2.72. The van der Waals surface area contributed by atoms with Crippen LogP contribution in [-0.2, 0) is 9.47 Å². The minimum absolute atomic E-state index is 0.0580. The molecule has 0 radical (unpaired) electrons. The van der Waals surface area contributed by atoms with E-state index in [1.54, 1.807) is 0 Å². The molecule has 0 bridgehead atoms. The molecule has 6 heteroatoms. The molecule has 0 saturated carbocycles. The highest BCUT2D eigenvalue weighted by atomic mass is 16.7. The Morgan fingerprint density at radius 2 is 1.53 bits per heavy atom. The van der Waals surface area contributed by atoms with Crippen LogP contribution in [0.3, 0.4) is 0 Å². The largest absolute Gasteiger partial charge is 0.396 e. The molecule has 0 amide bonds. The Labute approximate surface area is 114 Å². The Balaban J connectivity index is 2.88. The molecule has 1 saturated heterocycles. The van der Waals surface area contributed by atoms with Crippen LogP contribution < -0.4 is 0 Å². The first-order valence-corrected chi connectivity index (χ1v) is 6.83. The average Bonchev–Trinajstić information content (AvgIpc) is 2.37. The van der Waals surface area contributed by atoms with Gasteiger partial charge < -0.3 is 29.9 Å². The molecule has 1 heterocycles. The van der Waals surface area contributed by atoms with E-state index in [4.69, 9.17) is 14.6 Å². The predicted molar refractivity (Wildman–Crippen MR) is 68.3 cm³/mol. The second-order valence-corrected chi connectivity index (χ2v) is 5.28. The summed E-state index contributed by atoms with van der Waals surface area (Å²) < 4.78 is 11.4. The third kappa shape index (κ3) is 4.11. The fourth-order valence-electron chi connectivity index (χ4n) is 2.72. The van der Waals surface area contributed by atoms with Gasteiger partial charge in [0.05, 0.1) is 18.8 Å². The topological polar surface area (TPSA) is 99.4 Å². The molecule has 19 heavy (non-hydrogen) atoms. The molecule has 1 aliphatic heterocycles. The molecule has 0 spiro atoms. The van der Waals surface area contributed by atoms with Crippen LogP contribution in [0.4, 0.5) is 0 Å². The zero-order chi connectivity index (χ0) is 14.4. The van der Waals surface area contributed by atoms with E-state index >= 15 is 0 Å². The molecule has 0 aromatic rings. The quantitative estimate of drug-likeness (QED) is 0.493. The van der Waals surface area contributed by atoms with Gasteiger partial charge in [0.2, 0.25) is 0 Å². The van der Waals surface area contributed by atoms with Crippen molar-refractivity contribution in [2.24, 2.45) is 17.8 Å². The summed E-state index contributed by atoms with van der Waals surface area (Å²) in [6.45, 7) is 3.19. The van der Waals surface area contributed by atoms with Gasteiger partial charge in [-0.15, -0.1) is 0 Å². The first kappa shape index (κ1) is 16.8. The van der Waals surface area contributed by atoms with Crippen molar-refractivity contribution in [3.05, 3.63) is 0 Å². The van der Waals surface area contributed by atoms with Crippen molar-refractivity contribution in [3.8, 4) is 0 Å². The highest BCUT2D eigenvalue weighted by Crippen LogP contribution is 2.37. The van der Waals surface area contributed by atoms with Crippen molar-refractivity contribution in [1.82, 2.24) is 0 Å². The first-order valence-electron chi connectivity index (χ1n) is 6.83. The van der Waals surface area contributed by atoms with Gasteiger partial charge in [-0.3, -0.25) is 0 Å². The summed E-state index contributed by atoms with van der Waals surface area (Å²) in [6.07, 6.45) is -0.697. The number of ether oxygens (including phenoxy) is 2. The van der Waals surface area contributed by atoms with Crippen LogP contribution in [0.1, 0.15) is 20.3 Å². The van der Waals surface area contributed by atoms with E-state index < -0.39 is 6.29 Å². The molecule has 0 aliphatic carbocycles. The summed E-state index contributed by atoms with van der Waals surface area (Å²) in [5.74, 6) is -0.982. The molecule has 5 unspecified atom stereocenters. The van der Waals surface area contributed by atoms with E-state index in [0.717, 1.165) is 0 Å². The number of rotatable bonds is 7. The van der Waals surface area contributed by atoms with E-state index in [1.165, 1.54) is 0 Å². The van der Waals surface area contributed by atoms with Gasteiger partial charge in [0.1, 0.15) is 0 Å². The molecular weight excluding hydrogens is 252 g/mol. The van der Waals surface area contributed by atoms with Crippen LogP contribution in [0.25, 0.3) is 0 Å². The summed E-state index contributed by atoms with van der Waals surface area (Å²) in [5.41, 5.74) is 0. The van der Waals surface area contributed by atoms with Crippen LogP contribution in [0.5, 0.6) is 0 Å². The minimum Gasteiger partial charge on any atom is -0.396 e. The lowest BCUT2D eigenvalue weighted by molar-refractivity contribution is -0.280. The van der Waals surface area contributed by atoms with Crippen LogP contribution in [0.2, 0.25) is 0 Å². The lowest BCUT2D eigenvalue weighted by Gasteiger charge is -2.45. The standard InChI is InChI=1S/C13H26O6/c1-8(2)18-13-11(7-17)9(5-15)10(6-16)12(19-13)3-4-14/h8-17H,3-7H2,1-2H3. The average molecular weight is 278 g/mol. The summed E-state index contributed by atoms with van der Waals surface area (Å²) in [7, 11) is 0. The van der Waals surface area contributed by atoms with Gasteiger partial charge in [0, 0.05) is 31.7 Å². The van der Waals surface area contributed by atoms with Crippen LogP contribution in [-0.4, -0.2) is 65.4 Å². The van der Waals surface area contributed by atoms with Gasteiger partial charge in [-0.25, -0.2) is 0 Å². The van der Waals surface area contributed by atoms with Gasteiger partial charge in [-0.05, 0) is 26.2 Å². The van der Waals surface area contributed by atoms with Crippen molar-refractivity contribution < 1.29 is 29.9 Å². The number of hydrogen-bond acceptors (Lipinski definition) is 6. The lowest BCUT2D eigenvalue weighted by atomic mass is 9.76. The maximum absolute atomic E-state index is 9.54. The van der Waals surface area contributed by atoms with Crippen LogP contribution in [0, 0.1) is 17.8 Å². The molecular formula is C13H26O6. The Bertz CT molecular complexity index is 247. The number of hydrogen-bond donors (Lipinski definition) is 4. The first-order chi connectivity index (χ1) is 9.08. The van der Waals surface area contributed by atoms with Crippen molar-refractivity contribution in [1.29, 1.82) is 0 Å². The molecule has 6 nitrogen and oxygen atoms in total. The Kier molecular flexibility index (Phi) is 7.20. The van der Waals surface area contributed by atoms with Gasteiger partial charge in [-0.1, -0.05) is 0 Å². The summed E-state index contributed by atoms with van der Waals surface area (Å²) >= 11 is 0. The van der Waals surface area contributed by atoms with E-state index in [2.05, 4.69) is 0 Å². The van der Waals surface area contributed by atoms with E-state index in [9.17, 15) is 15.3 Å². The Hall–Kier alpha value is -0.240. The van der Waals surface area contributed by atoms with E-state index in [-0.39, 0.29) is 56.4 Å². The second-order valence-electron chi connectivity index (χ2n) is 5.28. The van der Waals surface area contributed by atoms with Crippen molar-refractivity contribution in [3.63, 3.8) is 0 Å². The molecule has 0 aromatic carbocycles. The normalized spacial score (nSPS) is 35.8. The Morgan fingerprint density at radius 3 is 1.95 bits per heavy atom. The molecule has 1 rings (SSSR count). The van der Waals surface area contributed by atoms with Crippen LogP contribution >= 0.6 is 0 Å². The third-order valence-electron chi connectivity index (χ3n) is 3.69. The highest BCUT2D eigenvalue weighted by Gasteiger charge is 2.45. The monoisotopic (exact) mass is 278 g/mol. The van der Waals surface area contributed by atoms with E-state index in [0.29, 0.717) is 6.42 Å². The van der Waals surface area contributed by atoms with E-state index in [1.807, 2.05) is 13.8 Å². The second kappa shape index (κ2) is 8.14. The summed E-state index contributed by atoms with van der Waals surface area (Å²) in [4.78, 5) is 0. The fraction of sp³-hybridized carbons (Fsp3) is 1.00. The Morgan fingerprint density at radius 1 is 0.947 bits per heavy atom. The minimum atomic E-state index is -0.624.